The molecule has 0 saturated heterocycles. The van der Waals surface area contributed by atoms with Gasteiger partial charge in [0.15, 0.2) is 17.3 Å². The summed E-state index contributed by atoms with van der Waals surface area (Å²) < 4.78 is 18.2. The van der Waals surface area contributed by atoms with E-state index in [1.54, 1.807) is 12.1 Å². The van der Waals surface area contributed by atoms with E-state index in [-0.39, 0.29) is 17.4 Å². The molecule has 1 amide bonds. The third-order valence-corrected chi connectivity index (χ3v) is 4.85. The van der Waals surface area contributed by atoms with Crippen LogP contribution < -0.4 is 5.32 Å². The molecule has 0 aliphatic rings. The number of rotatable bonds is 7. The van der Waals surface area contributed by atoms with Gasteiger partial charge in [0, 0.05) is 29.5 Å². The summed E-state index contributed by atoms with van der Waals surface area (Å²) in [5, 5.41) is 14.2. The molecule has 2 aromatic heterocycles. The van der Waals surface area contributed by atoms with Crippen molar-refractivity contribution in [1.29, 1.82) is 0 Å². The maximum atomic E-state index is 13.0. The number of thioether (sulfide) groups is 1. The predicted octanol–water partition coefficient (Wildman–Crippen LogP) is 3.79. The molecule has 7 nitrogen and oxygen atoms in total. The number of benzene rings is 2. The van der Waals surface area contributed by atoms with Crippen molar-refractivity contribution in [2.75, 3.05) is 12.3 Å². The van der Waals surface area contributed by atoms with E-state index in [9.17, 15) is 9.18 Å². The van der Waals surface area contributed by atoms with Gasteiger partial charge in [-0.15, -0.1) is 5.10 Å². The summed E-state index contributed by atoms with van der Waals surface area (Å²) >= 11 is 1.43. The van der Waals surface area contributed by atoms with Crippen molar-refractivity contribution in [2.45, 2.75) is 5.16 Å². The van der Waals surface area contributed by atoms with Crippen LogP contribution in [-0.2, 0) is 0 Å². The van der Waals surface area contributed by atoms with Crippen molar-refractivity contribution in [3.8, 4) is 22.7 Å². The first kappa shape index (κ1) is 18.9. The SMILES string of the molecule is O=C(NCCSc1n[nH]c(-c2ccccc2)n1)c1cc(-c2ccc(F)cc2)on1. The van der Waals surface area contributed by atoms with Gasteiger partial charge in [-0.3, -0.25) is 9.89 Å². The number of amides is 1. The number of nitrogens with one attached hydrogen (secondary N) is 2. The smallest absolute Gasteiger partial charge is 0.273 e. The Balaban J connectivity index is 1.26. The van der Waals surface area contributed by atoms with Gasteiger partial charge in [0.1, 0.15) is 5.82 Å². The van der Waals surface area contributed by atoms with Crippen molar-refractivity contribution in [1.82, 2.24) is 25.7 Å². The van der Waals surface area contributed by atoms with E-state index in [1.807, 2.05) is 30.3 Å². The number of H-pyrrole nitrogens is 1. The van der Waals surface area contributed by atoms with Crippen molar-refractivity contribution in [2.24, 2.45) is 0 Å². The first-order chi connectivity index (χ1) is 14.2. The van der Waals surface area contributed by atoms with Crippen LogP contribution in [0.5, 0.6) is 0 Å². The molecule has 0 saturated carbocycles. The minimum atomic E-state index is -0.345. The molecule has 0 aliphatic heterocycles. The number of hydrogen-bond acceptors (Lipinski definition) is 6. The molecule has 0 fully saturated rings. The Morgan fingerprint density at radius 2 is 1.90 bits per heavy atom. The summed E-state index contributed by atoms with van der Waals surface area (Å²) in [5.74, 6) is 1.01. The van der Waals surface area contributed by atoms with Crippen LogP contribution in [0.3, 0.4) is 0 Å². The lowest BCUT2D eigenvalue weighted by Gasteiger charge is -2.00. The van der Waals surface area contributed by atoms with E-state index in [2.05, 4.69) is 25.7 Å². The number of aromatic amines is 1. The molecule has 146 valence electrons. The zero-order valence-electron chi connectivity index (χ0n) is 15.1. The van der Waals surface area contributed by atoms with Crippen LogP contribution >= 0.6 is 11.8 Å². The molecular formula is C20H16FN5O2S. The maximum Gasteiger partial charge on any atom is 0.273 e. The minimum Gasteiger partial charge on any atom is -0.355 e. The lowest BCUT2D eigenvalue weighted by molar-refractivity contribution is 0.0947. The number of carbonyl (C=O) groups is 1. The molecule has 0 unspecified atom stereocenters. The number of nitrogens with zero attached hydrogens (tertiary/aromatic N) is 3. The highest BCUT2D eigenvalue weighted by atomic mass is 32.2. The highest BCUT2D eigenvalue weighted by molar-refractivity contribution is 7.99. The van der Waals surface area contributed by atoms with E-state index in [1.165, 1.54) is 30.0 Å². The second-order valence-corrected chi connectivity index (χ2v) is 7.08. The molecule has 0 atom stereocenters. The van der Waals surface area contributed by atoms with Crippen LogP contribution in [0.2, 0.25) is 0 Å². The summed E-state index contributed by atoms with van der Waals surface area (Å²) in [6.07, 6.45) is 0. The fourth-order valence-electron chi connectivity index (χ4n) is 2.57. The van der Waals surface area contributed by atoms with Crippen LogP contribution in [0.4, 0.5) is 4.39 Å². The Bertz CT molecular complexity index is 1100. The molecule has 0 radical (unpaired) electrons. The fourth-order valence-corrected chi connectivity index (χ4v) is 3.22. The summed E-state index contributed by atoms with van der Waals surface area (Å²) in [6.45, 7) is 0.414. The molecule has 2 aromatic carbocycles. The topological polar surface area (TPSA) is 96.7 Å². The lowest BCUT2D eigenvalue weighted by atomic mass is 10.1. The van der Waals surface area contributed by atoms with E-state index in [0.29, 0.717) is 34.6 Å². The van der Waals surface area contributed by atoms with Crippen molar-refractivity contribution < 1.29 is 13.7 Å². The Kier molecular flexibility index (Phi) is 5.66. The number of aromatic nitrogens is 4. The normalized spacial score (nSPS) is 10.8. The predicted molar refractivity (Wildman–Crippen MR) is 107 cm³/mol. The second-order valence-electron chi connectivity index (χ2n) is 6.02. The van der Waals surface area contributed by atoms with Gasteiger partial charge in [-0.2, -0.15) is 0 Å². The molecule has 0 spiro atoms. The third kappa shape index (κ3) is 4.69. The van der Waals surface area contributed by atoms with Crippen molar-refractivity contribution >= 4 is 17.7 Å². The highest BCUT2D eigenvalue weighted by Gasteiger charge is 2.13. The number of hydrogen-bond donors (Lipinski definition) is 2. The van der Waals surface area contributed by atoms with E-state index >= 15 is 0 Å². The summed E-state index contributed by atoms with van der Waals surface area (Å²) in [7, 11) is 0. The standard InChI is InChI=1S/C20H16FN5O2S/c21-15-8-6-13(7-9-15)17-12-16(26-28-17)19(27)22-10-11-29-20-23-18(24-25-20)14-4-2-1-3-5-14/h1-9,12H,10-11H2,(H,22,27)(H,23,24,25). The van der Waals surface area contributed by atoms with E-state index in [4.69, 9.17) is 4.52 Å². The average molecular weight is 409 g/mol. The van der Waals surface area contributed by atoms with Gasteiger partial charge in [0.25, 0.3) is 5.91 Å². The Morgan fingerprint density at radius 3 is 2.69 bits per heavy atom. The molecule has 0 bridgehead atoms. The van der Waals surface area contributed by atoms with Crippen LogP contribution in [0.25, 0.3) is 22.7 Å². The first-order valence-electron chi connectivity index (χ1n) is 8.80. The Morgan fingerprint density at radius 1 is 1.10 bits per heavy atom. The van der Waals surface area contributed by atoms with E-state index < -0.39 is 0 Å². The van der Waals surface area contributed by atoms with Gasteiger partial charge >= 0.3 is 0 Å². The van der Waals surface area contributed by atoms with Crippen LogP contribution in [0, 0.1) is 5.82 Å². The fraction of sp³-hybridized carbons (Fsp3) is 0.100. The van der Waals surface area contributed by atoms with Gasteiger partial charge in [0.2, 0.25) is 5.16 Å². The van der Waals surface area contributed by atoms with Crippen LogP contribution in [0.15, 0.2) is 70.3 Å². The second kappa shape index (κ2) is 8.70. The summed E-state index contributed by atoms with van der Waals surface area (Å²) in [4.78, 5) is 16.6. The van der Waals surface area contributed by atoms with Crippen molar-refractivity contribution in [3.63, 3.8) is 0 Å². The van der Waals surface area contributed by atoms with Crippen LogP contribution in [-0.4, -0.2) is 38.5 Å². The Labute approximate surface area is 169 Å². The largest absolute Gasteiger partial charge is 0.355 e. The molecule has 4 rings (SSSR count). The van der Waals surface area contributed by atoms with Gasteiger partial charge < -0.3 is 9.84 Å². The molecule has 2 N–H and O–H groups in total. The van der Waals surface area contributed by atoms with Gasteiger partial charge in [0.05, 0.1) is 0 Å². The minimum absolute atomic E-state index is 0.165. The lowest BCUT2D eigenvalue weighted by Crippen LogP contribution is -2.25. The first-order valence-corrected chi connectivity index (χ1v) is 9.79. The molecular weight excluding hydrogens is 393 g/mol. The van der Waals surface area contributed by atoms with Crippen LogP contribution in [0.1, 0.15) is 10.5 Å². The molecule has 0 aliphatic carbocycles. The van der Waals surface area contributed by atoms with Crippen molar-refractivity contribution in [3.05, 3.63) is 72.2 Å². The van der Waals surface area contributed by atoms with Gasteiger partial charge in [-0.05, 0) is 24.3 Å². The number of halogens is 1. The van der Waals surface area contributed by atoms with Gasteiger partial charge in [-0.25, -0.2) is 9.37 Å². The molecule has 4 aromatic rings. The third-order valence-electron chi connectivity index (χ3n) is 4.00. The molecule has 2 heterocycles. The van der Waals surface area contributed by atoms with E-state index in [0.717, 1.165) is 5.56 Å². The quantitative estimate of drug-likeness (QED) is 0.356. The average Bonchev–Trinajstić information content (AvgIpc) is 3.42. The maximum absolute atomic E-state index is 13.0. The summed E-state index contributed by atoms with van der Waals surface area (Å²) in [5.41, 5.74) is 1.77. The summed E-state index contributed by atoms with van der Waals surface area (Å²) in [6, 6.07) is 17.0. The highest BCUT2D eigenvalue weighted by Crippen LogP contribution is 2.21. The number of carbonyl (C=O) groups excluding carboxylic acids is 1. The molecule has 9 heteroatoms. The molecule has 29 heavy (non-hydrogen) atoms. The monoisotopic (exact) mass is 409 g/mol. The Hall–Kier alpha value is -3.46. The zero-order chi connectivity index (χ0) is 20.1. The van der Waals surface area contributed by atoms with Gasteiger partial charge in [-0.1, -0.05) is 47.3 Å². The zero-order valence-corrected chi connectivity index (χ0v) is 15.9.